The van der Waals surface area contributed by atoms with Crippen molar-refractivity contribution < 1.29 is 14.7 Å². The molecule has 0 aliphatic heterocycles. The quantitative estimate of drug-likeness (QED) is 0.771. The van der Waals surface area contributed by atoms with Gasteiger partial charge in [0, 0.05) is 0 Å². The van der Waals surface area contributed by atoms with Gasteiger partial charge in [-0.05, 0) is 37.4 Å². The van der Waals surface area contributed by atoms with Gasteiger partial charge in [-0.1, -0.05) is 38.1 Å². The van der Waals surface area contributed by atoms with Gasteiger partial charge in [0.1, 0.15) is 0 Å². The molecule has 1 atom stereocenters. The van der Waals surface area contributed by atoms with Crippen LogP contribution in [0.5, 0.6) is 0 Å². The monoisotopic (exact) mass is 306 g/mol. The van der Waals surface area contributed by atoms with Gasteiger partial charge >= 0.3 is 5.97 Å². The SMILES string of the molecule is CC(C)Cc1ccc(C(C)NC(=O)CN(C)CC(=O)O)cc1. The summed E-state index contributed by atoms with van der Waals surface area (Å²) in [6, 6.07) is 8.15. The number of aliphatic carboxylic acids is 1. The van der Waals surface area contributed by atoms with E-state index in [9.17, 15) is 9.59 Å². The number of benzene rings is 1. The number of carboxylic acids is 1. The molecule has 1 amide bonds. The summed E-state index contributed by atoms with van der Waals surface area (Å²) in [5, 5.41) is 11.6. The van der Waals surface area contributed by atoms with Crippen LogP contribution in [-0.4, -0.2) is 42.0 Å². The van der Waals surface area contributed by atoms with Crippen LogP contribution in [0.25, 0.3) is 0 Å². The van der Waals surface area contributed by atoms with Crippen LogP contribution < -0.4 is 5.32 Å². The second-order valence-electron chi connectivity index (χ2n) is 6.19. The third-order valence-corrected chi connectivity index (χ3v) is 3.32. The Bertz CT molecular complexity index is 497. The predicted molar refractivity (Wildman–Crippen MR) is 86.7 cm³/mol. The number of nitrogens with zero attached hydrogens (tertiary/aromatic N) is 1. The van der Waals surface area contributed by atoms with Crippen molar-refractivity contribution in [3.8, 4) is 0 Å². The van der Waals surface area contributed by atoms with Crippen LogP contribution in [0.1, 0.15) is 37.9 Å². The minimum absolute atomic E-state index is 0.0715. The molecule has 0 saturated carbocycles. The molecule has 1 aromatic rings. The Hall–Kier alpha value is -1.88. The van der Waals surface area contributed by atoms with E-state index in [1.54, 1.807) is 7.05 Å². The highest BCUT2D eigenvalue weighted by molar-refractivity contribution is 5.79. The molecule has 0 aliphatic rings. The number of carbonyl (C=O) groups excluding carboxylic acids is 1. The molecule has 22 heavy (non-hydrogen) atoms. The van der Waals surface area contributed by atoms with Gasteiger partial charge in [-0.3, -0.25) is 14.5 Å². The minimum Gasteiger partial charge on any atom is -0.480 e. The normalized spacial score (nSPS) is 12.5. The van der Waals surface area contributed by atoms with Crippen molar-refractivity contribution in [2.45, 2.75) is 33.2 Å². The van der Waals surface area contributed by atoms with Crippen molar-refractivity contribution in [2.75, 3.05) is 20.1 Å². The summed E-state index contributed by atoms with van der Waals surface area (Å²) in [4.78, 5) is 23.9. The maximum atomic E-state index is 11.9. The molecule has 0 aromatic heterocycles. The molecule has 0 radical (unpaired) electrons. The highest BCUT2D eigenvalue weighted by Gasteiger charge is 2.13. The van der Waals surface area contributed by atoms with Crippen molar-refractivity contribution >= 4 is 11.9 Å². The minimum atomic E-state index is -0.941. The number of amides is 1. The van der Waals surface area contributed by atoms with Crippen LogP contribution in [0.2, 0.25) is 0 Å². The molecule has 0 heterocycles. The van der Waals surface area contributed by atoms with Gasteiger partial charge in [0.15, 0.2) is 0 Å². The van der Waals surface area contributed by atoms with E-state index in [0.717, 1.165) is 12.0 Å². The lowest BCUT2D eigenvalue weighted by Gasteiger charge is -2.18. The first-order valence-corrected chi connectivity index (χ1v) is 7.56. The Morgan fingerprint density at radius 3 is 2.23 bits per heavy atom. The van der Waals surface area contributed by atoms with Gasteiger partial charge < -0.3 is 10.4 Å². The smallest absolute Gasteiger partial charge is 0.317 e. The van der Waals surface area contributed by atoms with Crippen molar-refractivity contribution in [1.82, 2.24) is 10.2 Å². The summed E-state index contributed by atoms with van der Waals surface area (Å²) < 4.78 is 0. The van der Waals surface area contributed by atoms with Crippen LogP contribution in [0, 0.1) is 5.92 Å². The maximum Gasteiger partial charge on any atom is 0.317 e. The van der Waals surface area contributed by atoms with Crippen LogP contribution in [0.3, 0.4) is 0 Å². The molecule has 0 aliphatic carbocycles. The van der Waals surface area contributed by atoms with Crippen LogP contribution in [-0.2, 0) is 16.0 Å². The molecule has 0 bridgehead atoms. The van der Waals surface area contributed by atoms with Gasteiger partial charge in [0.25, 0.3) is 0 Å². The fourth-order valence-corrected chi connectivity index (χ4v) is 2.32. The Kier molecular flexibility index (Phi) is 7.05. The molecular formula is C17H26N2O3. The van der Waals surface area contributed by atoms with Gasteiger partial charge in [0.05, 0.1) is 19.1 Å². The molecule has 0 spiro atoms. The van der Waals surface area contributed by atoms with Crippen LogP contribution in [0.4, 0.5) is 0 Å². The zero-order valence-corrected chi connectivity index (χ0v) is 13.8. The predicted octanol–water partition coefficient (Wildman–Crippen LogP) is 2.08. The topological polar surface area (TPSA) is 69.6 Å². The average molecular weight is 306 g/mol. The first-order chi connectivity index (χ1) is 10.3. The zero-order valence-electron chi connectivity index (χ0n) is 13.8. The highest BCUT2D eigenvalue weighted by Crippen LogP contribution is 2.15. The number of carboxylic acid groups (broad SMARTS) is 1. The summed E-state index contributed by atoms with van der Waals surface area (Å²) in [5.74, 6) is -0.501. The van der Waals surface area contributed by atoms with Crippen molar-refractivity contribution in [2.24, 2.45) is 5.92 Å². The van der Waals surface area contributed by atoms with Gasteiger partial charge in [-0.15, -0.1) is 0 Å². The second kappa shape index (κ2) is 8.54. The molecule has 0 fully saturated rings. The Morgan fingerprint density at radius 2 is 1.73 bits per heavy atom. The van der Waals surface area contributed by atoms with E-state index in [-0.39, 0.29) is 25.0 Å². The first kappa shape index (κ1) is 18.2. The number of nitrogens with one attached hydrogen (secondary N) is 1. The number of likely N-dealkylation sites (N-methyl/N-ethyl adjacent to an activating group) is 1. The van der Waals surface area contributed by atoms with E-state index in [2.05, 4.69) is 31.3 Å². The fourth-order valence-electron chi connectivity index (χ4n) is 2.32. The van der Waals surface area contributed by atoms with Gasteiger partial charge in [-0.25, -0.2) is 0 Å². The molecule has 2 N–H and O–H groups in total. The molecule has 1 aromatic carbocycles. The maximum absolute atomic E-state index is 11.9. The fraction of sp³-hybridized carbons (Fsp3) is 0.529. The molecular weight excluding hydrogens is 280 g/mol. The first-order valence-electron chi connectivity index (χ1n) is 7.56. The summed E-state index contributed by atoms with van der Waals surface area (Å²) >= 11 is 0. The zero-order chi connectivity index (χ0) is 16.7. The lowest BCUT2D eigenvalue weighted by molar-refractivity contribution is -0.138. The number of hydrogen-bond donors (Lipinski definition) is 2. The Morgan fingerprint density at radius 1 is 1.14 bits per heavy atom. The van der Waals surface area contributed by atoms with Crippen molar-refractivity contribution in [3.05, 3.63) is 35.4 Å². The third kappa shape index (κ3) is 6.72. The number of carbonyl (C=O) groups is 2. The van der Waals surface area contributed by atoms with Gasteiger partial charge in [0.2, 0.25) is 5.91 Å². The van der Waals surface area contributed by atoms with E-state index in [1.807, 2.05) is 19.1 Å². The summed E-state index contributed by atoms with van der Waals surface area (Å²) in [6.07, 6.45) is 1.04. The summed E-state index contributed by atoms with van der Waals surface area (Å²) in [5.41, 5.74) is 2.33. The number of hydrogen-bond acceptors (Lipinski definition) is 3. The Balaban J connectivity index is 2.52. The third-order valence-electron chi connectivity index (χ3n) is 3.32. The largest absolute Gasteiger partial charge is 0.480 e. The summed E-state index contributed by atoms with van der Waals surface area (Å²) in [6.45, 7) is 6.22. The van der Waals surface area contributed by atoms with Crippen molar-refractivity contribution in [3.63, 3.8) is 0 Å². The standard InChI is InChI=1S/C17H26N2O3/c1-12(2)9-14-5-7-15(8-6-14)13(3)18-16(20)10-19(4)11-17(21)22/h5-8,12-13H,9-11H2,1-4H3,(H,18,20)(H,21,22). The summed E-state index contributed by atoms with van der Waals surface area (Å²) in [7, 11) is 1.61. The Labute approximate surface area is 132 Å². The second-order valence-corrected chi connectivity index (χ2v) is 6.19. The molecule has 1 unspecified atom stereocenters. The van der Waals surface area contributed by atoms with Crippen molar-refractivity contribution in [1.29, 1.82) is 0 Å². The van der Waals surface area contributed by atoms with E-state index < -0.39 is 5.97 Å². The van der Waals surface area contributed by atoms with Crippen LogP contribution in [0.15, 0.2) is 24.3 Å². The molecule has 1 rings (SSSR count). The molecule has 5 heteroatoms. The van der Waals surface area contributed by atoms with Gasteiger partial charge in [-0.2, -0.15) is 0 Å². The highest BCUT2D eigenvalue weighted by atomic mass is 16.4. The molecule has 0 saturated heterocycles. The molecule has 122 valence electrons. The van der Waals surface area contributed by atoms with E-state index in [4.69, 9.17) is 5.11 Å². The average Bonchev–Trinajstić information content (AvgIpc) is 2.37. The molecule has 5 nitrogen and oxygen atoms in total. The van der Waals surface area contributed by atoms with E-state index in [1.165, 1.54) is 10.5 Å². The lowest BCUT2D eigenvalue weighted by atomic mass is 10.00. The number of rotatable bonds is 8. The lowest BCUT2D eigenvalue weighted by Crippen LogP contribution is -2.38. The van der Waals surface area contributed by atoms with E-state index >= 15 is 0 Å². The van der Waals surface area contributed by atoms with E-state index in [0.29, 0.717) is 5.92 Å². The van der Waals surface area contributed by atoms with Crippen LogP contribution >= 0.6 is 0 Å².